The van der Waals surface area contributed by atoms with Gasteiger partial charge in [-0.2, -0.15) is 0 Å². The van der Waals surface area contributed by atoms with E-state index in [-0.39, 0.29) is 5.92 Å². The number of carbonyl (C=O) groups is 3. The van der Waals surface area contributed by atoms with E-state index in [1.807, 2.05) is 35.6 Å². The van der Waals surface area contributed by atoms with Gasteiger partial charge in [0, 0.05) is 6.08 Å². The summed E-state index contributed by atoms with van der Waals surface area (Å²) in [5, 5.41) is 9.84. The Bertz CT molecular complexity index is 829. The van der Waals surface area contributed by atoms with Gasteiger partial charge in [0.25, 0.3) is 5.91 Å². The lowest BCUT2D eigenvalue weighted by Crippen LogP contribution is -2.45. The fraction of sp³-hybridized carbons (Fsp3) is 0.278. The highest BCUT2D eigenvalue weighted by Gasteiger charge is 2.26. The van der Waals surface area contributed by atoms with E-state index < -0.39 is 24.0 Å². The van der Waals surface area contributed by atoms with E-state index >= 15 is 0 Å². The molecule has 0 aliphatic rings. The summed E-state index contributed by atoms with van der Waals surface area (Å²) in [5.74, 6) is -1.85. The third-order valence-electron chi connectivity index (χ3n) is 3.49. The Balaban J connectivity index is 1.95. The Labute approximate surface area is 156 Å². The van der Waals surface area contributed by atoms with E-state index in [4.69, 9.17) is 10.5 Å². The number of carbonyl (C=O) groups excluding carboxylic acids is 3. The molecule has 9 nitrogen and oxygen atoms in total. The third kappa shape index (κ3) is 6.38. The molecule has 0 bridgehead atoms. The molecule has 0 unspecified atom stereocenters. The van der Waals surface area contributed by atoms with Gasteiger partial charge in [0.2, 0.25) is 0 Å². The normalized spacial score (nSPS) is 12.1. The van der Waals surface area contributed by atoms with E-state index in [1.165, 1.54) is 6.08 Å². The quantitative estimate of drug-likeness (QED) is 0.554. The van der Waals surface area contributed by atoms with Crippen molar-refractivity contribution < 1.29 is 19.1 Å². The van der Waals surface area contributed by atoms with Gasteiger partial charge in [0.15, 0.2) is 6.10 Å². The van der Waals surface area contributed by atoms with Crippen molar-refractivity contribution in [2.45, 2.75) is 26.5 Å². The number of esters is 1. The summed E-state index contributed by atoms with van der Waals surface area (Å²) in [5.41, 5.74) is 6.44. The summed E-state index contributed by atoms with van der Waals surface area (Å²) in [6, 6.07) is 8.73. The molecule has 9 heteroatoms. The predicted octanol–water partition coefficient (Wildman–Crippen LogP) is 1.10. The Hall–Kier alpha value is -3.49. The highest BCUT2D eigenvalue weighted by atomic mass is 16.5. The molecular formula is C18H21N5O4. The molecule has 0 radical (unpaired) electrons. The molecule has 0 aliphatic heterocycles. The molecule has 3 amide bonds. The number of nitrogens with two attached hydrogens (primary N) is 1. The van der Waals surface area contributed by atoms with Crippen molar-refractivity contribution in [3.8, 4) is 0 Å². The van der Waals surface area contributed by atoms with Crippen LogP contribution in [0.4, 0.5) is 4.79 Å². The zero-order valence-electron chi connectivity index (χ0n) is 15.0. The second-order valence-electron chi connectivity index (χ2n) is 6.11. The van der Waals surface area contributed by atoms with Crippen molar-refractivity contribution >= 4 is 24.0 Å². The molecule has 0 aliphatic carbocycles. The molecule has 0 spiro atoms. The molecule has 2 rings (SSSR count). The fourth-order valence-electron chi connectivity index (χ4n) is 2.24. The number of benzene rings is 1. The van der Waals surface area contributed by atoms with E-state index in [2.05, 4.69) is 10.3 Å². The van der Waals surface area contributed by atoms with Crippen molar-refractivity contribution in [3.63, 3.8) is 0 Å². The Morgan fingerprint density at radius 1 is 1.26 bits per heavy atom. The van der Waals surface area contributed by atoms with Crippen LogP contribution in [0, 0.1) is 5.92 Å². The van der Waals surface area contributed by atoms with Crippen LogP contribution in [0.3, 0.4) is 0 Å². The van der Waals surface area contributed by atoms with Crippen LogP contribution in [0.1, 0.15) is 25.1 Å². The van der Waals surface area contributed by atoms with Crippen molar-refractivity contribution in [2.24, 2.45) is 11.7 Å². The predicted molar refractivity (Wildman–Crippen MR) is 97.0 cm³/mol. The molecule has 1 atom stereocenters. The first kappa shape index (κ1) is 19.8. The van der Waals surface area contributed by atoms with Crippen LogP contribution in [0.2, 0.25) is 0 Å². The number of hydrogen-bond acceptors (Lipinski definition) is 6. The van der Waals surface area contributed by atoms with Gasteiger partial charge in [0.05, 0.1) is 12.7 Å². The number of nitrogens with zero attached hydrogens (tertiary/aromatic N) is 3. The Morgan fingerprint density at radius 3 is 2.59 bits per heavy atom. The standard InChI is InChI=1S/C18H21N5O4/c1-12(2)16(17(25)20-18(19)26)27-15(24)9-8-14-11-23(22-21-14)10-13-6-4-3-5-7-13/h3-9,11-12,16H,10H2,1-2H3,(H3,19,20,25,26)/b9-8+/t16-/m0/s1. The molecule has 3 N–H and O–H groups in total. The molecule has 1 heterocycles. The molecule has 2 aromatic rings. The lowest BCUT2D eigenvalue weighted by atomic mass is 10.1. The maximum Gasteiger partial charge on any atom is 0.331 e. The first-order valence-corrected chi connectivity index (χ1v) is 8.28. The summed E-state index contributed by atoms with van der Waals surface area (Å²) < 4.78 is 6.73. The summed E-state index contributed by atoms with van der Waals surface area (Å²) in [6.45, 7) is 3.91. The van der Waals surface area contributed by atoms with Gasteiger partial charge in [-0.25, -0.2) is 14.3 Å². The third-order valence-corrected chi connectivity index (χ3v) is 3.49. The maximum atomic E-state index is 12.0. The lowest BCUT2D eigenvalue weighted by Gasteiger charge is -2.18. The van der Waals surface area contributed by atoms with Gasteiger partial charge >= 0.3 is 12.0 Å². The average molecular weight is 371 g/mol. The van der Waals surface area contributed by atoms with Crippen LogP contribution in [-0.2, 0) is 20.9 Å². The van der Waals surface area contributed by atoms with Crippen LogP contribution in [-0.4, -0.2) is 39.0 Å². The lowest BCUT2D eigenvalue weighted by molar-refractivity contribution is -0.153. The van der Waals surface area contributed by atoms with Gasteiger partial charge < -0.3 is 10.5 Å². The fourth-order valence-corrected chi connectivity index (χ4v) is 2.24. The zero-order chi connectivity index (χ0) is 19.8. The van der Waals surface area contributed by atoms with Gasteiger partial charge in [-0.3, -0.25) is 10.1 Å². The number of urea groups is 1. The topological polar surface area (TPSA) is 129 Å². The minimum absolute atomic E-state index is 0.339. The smallest absolute Gasteiger partial charge is 0.331 e. The number of imide groups is 1. The molecule has 27 heavy (non-hydrogen) atoms. The number of aromatic nitrogens is 3. The summed E-state index contributed by atoms with van der Waals surface area (Å²) >= 11 is 0. The summed E-state index contributed by atoms with van der Waals surface area (Å²) in [7, 11) is 0. The molecule has 142 valence electrons. The molecule has 0 saturated carbocycles. The van der Waals surface area contributed by atoms with E-state index in [0.717, 1.165) is 11.6 Å². The van der Waals surface area contributed by atoms with Gasteiger partial charge in [-0.05, 0) is 17.6 Å². The van der Waals surface area contributed by atoms with Gasteiger partial charge in [-0.1, -0.05) is 49.4 Å². The van der Waals surface area contributed by atoms with Crippen LogP contribution in [0.5, 0.6) is 0 Å². The number of ether oxygens (including phenoxy) is 1. The highest BCUT2D eigenvalue weighted by molar-refractivity contribution is 5.97. The second kappa shape index (κ2) is 9.27. The molecular weight excluding hydrogens is 350 g/mol. The zero-order valence-corrected chi connectivity index (χ0v) is 15.0. The Kier molecular flexibility index (Phi) is 6.81. The van der Waals surface area contributed by atoms with E-state index in [1.54, 1.807) is 24.7 Å². The van der Waals surface area contributed by atoms with Crippen LogP contribution >= 0.6 is 0 Å². The number of amides is 3. The monoisotopic (exact) mass is 371 g/mol. The van der Waals surface area contributed by atoms with Crippen molar-refractivity contribution in [1.82, 2.24) is 20.3 Å². The Morgan fingerprint density at radius 2 is 1.96 bits per heavy atom. The van der Waals surface area contributed by atoms with E-state index in [9.17, 15) is 14.4 Å². The number of nitrogens with one attached hydrogen (secondary N) is 1. The van der Waals surface area contributed by atoms with Gasteiger partial charge in [0.1, 0.15) is 5.69 Å². The first-order valence-electron chi connectivity index (χ1n) is 8.28. The summed E-state index contributed by atoms with van der Waals surface area (Å²) in [4.78, 5) is 34.6. The molecule has 0 saturated heterocycles. The van der Waals surface area contributed by atoms with Crippen LogP contribution < -0.4 is 11.1 Å². The van der Waals surface area contributed by atoms with Crippen molar-refractivity contribution in [2.75, 3.05) is 0 Å². The highest BCUT2D eigenvalue weighted by Crippen LogP contribution is 2.09. The summed E-state index contributed by atoms with van der Waals surface area (Å²) in [6.07, 6.45) is 3.11. The number of primary amides is 1. The molecule has 0 fully saturated rings. The minimum atomic E-state index is -1.14. The van der Waals surface area contributed by atoms with E-state index in [0.29, 0.717) is 12.2 Å². The second-order valence-corrected chi connectivity index (χ2v) is 6.11. The minimum Gasteiger partial charge on any atom is -0.449 e. The molecule has 1 aromatic carbocycles. The number of rotatable bonds is 7. The SMILES string of the molecule is CC(C)[C@H](OC(=O)/C=C/c1cn(Cc2ccccc2)nn1)C(=O)NC(N)=O. The maximum absolute atomic E-state index is 12.0. The van der Waals surface area contributed by atoms with Crippen molar-refractivity contribution in [1.29, 1.82) is 0 Å². The molecule has 1 aromatic heterocycles. The van der Waals surface area contributed by atoms with Crippen molar-refractivity contribution in [3.05, 3.63) is 53.9 Å². The largest absolute Gasteiger partial charge is 0.449 e. The first-order chi connectivity index (χ1) is 12.8. The van der Waals surface area contributed by atoms with Crippen LogP contribution in [0.15, 0.2) is 42.6 Å². The number of hydrogen-bond donors (Lipinski definition) is 2. The van der Waals surface area contributed by atoms with Gasteiger partial charge in [-0.15, -0.1) is 5.10 Å². The average Bonchev–Trinajstić information content (AvgIpc) is 3.05. The van der Waals surface area contributed by atoms with Crippen LogP contribution in [0.25, 0.3) is 6.08 Å².